The van der Waals surface area contributed by atoms with E-state index in [0.29, 0.717) is 31.1 Å². The quantitative estimate of drug-likeness (QED) is 0.387. The molecule has 2 fully saturated rings. The number of ether oxygens (including phenoxy) is 2. The highest BCUT2D eigenvalue weighted by molar-refractivity contribution is 6.17. The number of H-pyrrole nitrogens is 1. The van der Waals surface area contributed by atoms with Crippen molar-refractivity contribution in [3.63, 3.8) is 0 Å². The summed E-state index contributed by atoms with van der Waals surface area (Å²) in [6.07, 6.45) is 7.77. The first-order chi connectivity index (χ1) is 20.0. The lowest BCUT2D eigenvalue weighted by molar-refractivity contribution is 0.0191. The molecule has 4 N–H and O–H groups in total. The van der Waals surface area contributed by atoms with Gasteiger partial charge in [-0.1, -0.05) is 33.4 Å². The van der Waals surface area contributed by atoms with Gasteiger partial charge in [-0.2, -0.15) is 5.10 Å². The highest BCUT2D eigenvalue weighted by Crippen LogP contribution is 2.42. The number of aromatic amines is 1. The average molecular weight is 565 g/mol. The maximum absolute atomic E-state index is 13.8. The Morgan fingerprint density at radius 2 is 1.93 bits per heavy atom. The van der Waals surface area contributed by atoms with Crippen molar-refractivity contribution in [2.45, 2.75) is 53.4 Å². The fourth-order valence-corrected chi connectivity index (χ4v) is 5.39. The number of carbonyl (C=O) groups excluding carboxylic acids is 1. The number of allylic oxidation sites excluding steroid dienone is 3. The largest absolute Gasteiger partial charge is 0.492 e. The third-order valence-corrected chi connectivity index (χ3v) is 7.36. The number of hydrogen-bond acceptors (Lipinski definition) is 8. The maximum Gasteiger partial charge on any atom is 0.195 e. The number of likely N-dealkylation sites (tertiary alicyclic amines) is 1. The Kier molecular flexibility index (Phi) is 12.6. The van der Waals surface area contributed by atoms with Gasteiger partial charge in [0.15, 0.2) is 5.78 Å². The van der Waals surface area contributed by atoms with Gasteiger partial charge in [0.25, 0.3) is 0 Å². The van der Waals surface area contributed by atoms with Gasteiger partial charge in [0.2, 0.25) is 0 Å². The van der Waals surface area contributed by atoms with Crippen molar-refractivity contribution in [2.75, 3.05) is 52.5 Å². The van der Waals surface area contributed by atoms with Crippen LogP contribution in [0.1, 0.15) is 68.1 Å². The zero-order valence-electron chi connectivity index (χ0n) is 25.5. The van der Waals surface area contributed by atoms with Crippen LogP contribution in [0, 0.1) is 6.92 Å². The molecule has 9 nitrogen and oxygen atoms in total. The van der Waals surface area contributed by atoms with E-state index in [1.165, 1.54) is 32.1 Å². The van der Waals surface area contributed by atoms with Gasteiger partial charge in [-0.25, -0.2) is 5.01 Å². The van der Waals surface area contributed by atoms with Gasteiger partial charge >= 0.3 is 0 Å². The Labute approximate surface area is 245 Å². The summed E-state index contributed by atoms with van der Waals surface area (Å²) in [5.41, 5.74) is 13.9. The number of nitrogens with one attached hydrogen (secondary N) is 2. The second kappa shape index (κ2) is 16.1. The topological polar surface area (TPSA) is 109 Å². The molecule has 5 rings (SSSR count). The Balaban J connectivity index is 0.000000868. The molecule has 9 heteroatoms. The fourth-order valence-electron chi connectivity index (χ4n) is 5.39. The minimum atomic E-state index is -0.0808. The minimum absolute atomic E-state index is 0.0266. The van der Waals surface area contributed by atoms with Gasteiger partial charge in [0.1, 0.15) is 18.1 Å². The van der Waals surface area contributed by atoms with Crippen molar-refractivity contribution in [3.05, 3.63) is 71.2 Å². The normalized spacial score (nSPS) is 20.1. The monoisotopic (exact) mass is 564 g/mol. The second-order valence-electron chi connectivity index (χ2n) is 10.1. The fraction of sp³-hybridized carbons (Fsp3) is 0.500. The first kappa shape index (κ1) is 32.1. The van der Waals surface area contributed by atoms with Crippen LogP contribution >= 0.6 is 0 Å². The number of nitrogens with two attached hydrogens (primary N) is 1. The molecule has 1 atom stereocenters. The van der Waals surface area contributed by atoms with E-state index >= 15 is 0 Å². The van der Waals surface area contributed by atoms with E-state index in [0.717, 1.165) is 53.5 Å². The van der Waals surface area contributed by atoms with Crippen molar-refractivity contribution in [1.29, 1.82) is 0 Å². The number of aryl methyl sites for hydroxylation is 1. The van der Waals surface area contributed by atoms with Crippen LogP contribution in [0.3, 0.4) is 0 Å². The molecule has 3 aliphatic rings. The zero-order valence-corrected chi connectivity index (χ0v) is 25.5. The number of fused-ring (bicyclic) bond motifs is 1. The smallest absolute Gasteiger partial charge is 0.195 e. The van der Waals surface area contributed by atoms with E-state index in [9.17, 15) is 4.79 Å². The van der Waals surface area contributed by atoms with Crippen LogP contribution in [0.4, 0.5) is 0 Å². The number of ketones is 1. The highest BCUT2D eigenvalue weighted by Gasteiger charge is 2.39. The van der Waals surface area contributed by atoms with Crippen LogP contribution in [0.15, 0.2) is 54.4 Å². The van der Waals surface area contributed by atoms with E-state index in [1.807, 2.05) is 52.0 Å². The first-order valence-electron chi connectivity index (χ1n) is 14.9. The predicted molar refractivity (Wildman–Crippen MR) is 166 cm³/mol. The summed E-state index contributed by atoms with van der Waals surface area (Å²) in [7, 11) is 0. The van der Waals surface area contributed by atoms with Crippen molar-refractivity contribution >= 4 is 5.78 Å². The molecule has 0 spiro atoms. The van der Waals surface area contributed by atoms with Gasteiger partial charge in [0, 0.05) is 36.7 Å². The van der Waals surface area contributed by atoms with Crippen LogP contribution in [0.25, 0.3) is 11.3 Å². The number of hydrogen-bond donors (Lipinski definition) is 3. The molecular formula is C32H48N6O3. The molecule has 0 saturated carbocycles. The molecule has 41 heavy (non-hydrogen) atoms. The summed E-state index contributed by atoms with van der Waals surface area (Å²) < 4.78 is 11.5. The molecule has 2 aliphatic heterocycles. The number of benzene rings is 1. The molecule has 2 aromatic rings. The minimum Gasteiger partial charge on any atom is -0.492 e. The van der Waals surface area contributed by atoms with E-state index in [4.69, 9.17) is 9.47 Å². The lowest BCUT2D eigenvalue weighted by atomic mass is 10.00. The summed E-state index contributed by atoms with van der Waals surface area (Å²) in [6.45, 7) is 20.1. The SMILES string of the molecule is C/C=C\C(NN1CCOCC1)=C1\C(=O)c2c(-c3ccc(OCCN4CCCC4)c(C)c3)n[nH]c2C1C.C=CN.CC. The van der Waals surface area contributed by atoms with Crippen LogP contribution < -0.4 is 15.9 Å². The van der Waals surface area contributed by atoms with Crippen molar-refractivity contribution < 1.29 is 14.3 Å². The second-order valence-corrected chi connectivity index (χ2v) is 10.1. The number of aromatic nitrogens is 2. The summed E-state index contributed by atoms with van der Waals surface area (Å²) >= 11 is 0. The Hall–Kier alpha value is -3.40. The third-order valence-electron chi connectivity index (χ3n) is 7.36. The summed E-state index contributed by atoms with van der Waals surface area (Å²) in [6, 6.07) is 6.08. The van der Waals surface area contributed by atoms with E-state index in [2.05, 4.69) is 50.8 Å². The van der Waals surface area contributed by atoms with Gasteiger partial charge in [-0.3, -0.25) is 14.8 Å². The molecule has 1 aliphatic carbocycles. The standard InChI is InChI=1S/C28H37N5O3.C2H5N.C2H6/c1-4-7-22(31-33-13-15-35-16-14-33)24-20(3)26-25(28(24)34)27(30-29-26)21-8-9-23(19(2)18-21)36-17-12-32-10-5-6-11-32;1-2-3;1-2/h4,7-9,18,20,31H,5-6,10-17H2,1-3H3,(H,29,30);2H,1,3H2;1-2H3/b7-4-,24-22-;;. The summed E-state index contributed by atoms with van der Waals surface area (Å²) in [4.78, 5) is 16.2. The molecule has 0 radical (unpaired) electrons. The third kappa shape index (κ3) is 7.87. The van der Waals surface area contributed by atoms with Gasteiger partial charge < -0.3 is 20.6 Å². The molecule has 1 aromatic carbocycles. The van der Waals surface area contributed by atoms with Crippen LogP contribution in [-0.4, -0.2) is 78.4 Å². The lowest BCUT2D eigenvalue weighted by Crippen LogP contribution is -2.45. The number of hydrazine groups is 1. The van der Waals surface area contributed by atoms with E-state index in [-0.39, 0.29) is 11.7 Å². The van der Waals surface area contributed by atoms with Gasteiger partial charge in [0.05, 0.1) is 30.2 Å². The van der Waals surface area contributed by atoms with Gasteiger partial charge in [-0.05, 0) is 75.8 Å². The molecule has 0 bridgehead atoms. The predicted octanol–water partition coefficient (Wildman–Crippen LogP) is 4.94. The highest BCUT2D eigenvalue weighted by atomic mass is 16.5. The molecule has 224 valence electrons. The molecule has 3 heterocycles. The average Bonchev–Trinajstić information content (AvgIpc) is 3.71. The molecule has 1 aromatic heterocycles. The van der Waals surface area contributed by atoms with Gasteiger partial charge in [-0.15, -0.1) is 0 Å². The molecule has 0 amide bonds. The number of Topliss-reactive ketones (excluding diaryl/α,β-unsaturated/α-hetero) is 1. The first-order valence-corrected chi connectivity index (χ1v) is 14.9. The molecule has 1 unspecified atom stereocenters. The number of rotatable bonds is 8. The van der Waals surface area contributed by atoms with Crippen molar-refractivity contribution in [2.24, 2.45) is 5.73 Å². The zero-order chi connectivity index (χ0) is 29.8. The Bertz CT molecular complexity index is 1210. The number of carbonyl (C=O) groups is 1. The van der Waals surface area contributed by atoms with E-state index in [1.54, 1.807) is 0 Å². The Morgan fingerprint density at radius 3 is 2.56 bits per heavy atom. The Morgan fingerprint density at radius 1 is 1.24 bits per heavy atom. The van der Waals surface area contributed by atoms with E-state index < -0.39 is 0 Å². The number of nitrogens with zero attached hydrogens (tertiary/aromatic N) is 3. The maximum atomic E-state index is 13.8. The molecular weight excluding hydrogens is 516 g/mol. The van der Waals surface area contributed by atoms with Crippen molar-refractivity contribution in [3.8, 4) is 17.0 Å². The van der Waals surface area contributed by atoms with Crippen LogP contribution in [0.5, 0.6) is 5.75 Å². The van der Waals surface area contributed by atoms with Crippen LogP contribution in [-0.2, 0) is 4.74 Å². The number of morpholine rings is 1. The summed E-state index contributed by atoms with van der Waals surface area (Å²) in [5.74, 6) is 0.831. The van der Waals surface area contributed by atoms with Crippen LogP contribution in [0.2, 0.25) is 0 Å². The lowest BCUT2D eigenvalue weighted by Gasteiger charge is -2.29. The molecule has 2 saturated heterocycles. The summed E-state index contributed by atoms with van der Waals surface area (Å²) in [5, 5.41) is 9.85. The van der Waals surface area contributed by atoms with Crippen molar-refractivity contribution in [1.82, 2.24) is 25.5 Å².